The van der Waals surface area contributed by atoms with E-state index >= 15 is 0 Å². The topological polar surface area (TPSA) is 52.6 Å². The van der Waals surface area contributed by atoms with Crippen LogP contribution in [0.2, 0.25) is 0 Å². The van der Waals surface area contributed by atoms with Gasteiger partial charge in [0.15, 0.2) is 11.5 Å². The molecular formula is C26H12F12O4. The fraction of sp³-hybridized carbons (Fsp3) is 0.154. The highest BCUT2D eigenvalue weighted by Gasteiger charge is 2.39. The zero-order valence-electron chi connectivity index (χ0n) is 20.1. The molecule has 0 aromatic heterocycles. The molecule has 0 radical (unpaired) electrons. The van der Waals surface area contributed by atoms with Crippen LogP contribution in [0.15, 0.2) is 61.2 Å². The van der Waals surface area contributed by atoms with Crippen LogP contribution in [0.25, 0.3) is 6.08 Å². The van der Waals surface area contributed by atoms with E-state index in [0.717, 1.165) is 24.3 Å². The van der Waals surface area contributed by atoms with Crippen LogP contribution < -0.4 is 9.47 Å². The predicted molar refractivity (Wildman–Crippen MR) is 119 cm³/mol. The average molecular weight is 616 g/mol. The number of halogens is 12. The molecule has 0 atom stereocenters. The van der Waals surface area contributed by atoms with Gasteiger partial charge in [-0.15, -0.1) is 0 Å². The van der Waals surface area contributed by atoms with Crippen molar-refractivity contribution in [2.24, 2.45) is 0 Å². The summed E-state index contributed by atoms with van der Waals surface area (Å²) in [7, 11) is 0. The van der Waals surface area contributed by atoms with Gasteiger partial charge in [-0.1, -0.05) is 18.7 Å². The van der Waals surface area contributed by atoms with E-state index in [1.54, 1.807) is 0 Å². The van der Waals surface area contributed by atoms with Crippen LogP contribution >= 0.6 is 0 Å². The maximum Gasteiger partial charge on any atom is 0.416 e. The number of alkyl halides is 12. The largest absolute Gasteiger partial charge is 0.419 e. The summed E-state index contributed by atoms with van der Waals surface area (Å²) in [5.41, 5.74) is -9.84. The molecule has 0 saturated heterocycles. The fourth-order valence-electron chi connectivity index (χ4n) is 3.28. The van der Waals surface area contributed by atoms with Crippen LogP contribution in [0.5, 0.6) is 11.5 Å². The average Bonchev–Trinajstić information content (AvgIpc) is 2.87. The van der Waals surface area contributed by atoms with Crippen molar-refractivity contribution in [1.29, 1.82) is 0 Å². The Balaban J connectivity index is 2.04. The van der Waals surface area contributed by atoms with E-state index in [1.165, 1.54) is 0 Å². The lowest BCUT2D eigenvalue weighted by molar-refractivity contribution is -0.144. The van der Waals surface area contributed by atoms with E-state index in [9.17, 15) is 62.3 Å². The molecule has 4 nitrogen and oxygen atoms in total. The molecule has 0 bridgehead atoms. The minimum absolute atomic E-state index is 0.0436. The predicted octanol–water partition coefficient (Wildman–Crippen LogP) is 8.84. The van der Waals surface area contributed by atoms with Crippen molar-refractivity contribution in [1.82, 2.24) is 0 Å². The van der Waals surface area contributed by atoms with Crippen molar-refractivity contribution >= 4 is 18.0 Å². The van der Waals surface area contributed by atoms with Crippen LogP contribution in [-0.4, -0.2) is 11.9 Å². The molecule has 3 aromatic rings. The molecule has 0 saturated carbocycles. The van der Waals surface area contributed by atoms with Crippen molar-refractivity contribution in [3.63, 3.8) is 0 Å². The van der Waals surface area contributed by atoms with Gasteiger partial charge in [0.05, 0.1) is 33.4 Å². The Labute approximate surface area is 226 Å². The highest BCUT2D eigenvalue weighted by Crippen LogP contribution is 2.39. The molecule has 0 fully saturated rings. The molecule has 0 N–H and O–H groups in total. The fourth-order valence-corrected chi connectivity index (χ4v) is 3.28. The van der Waals surface area contributed by atoms with Crippen molar-refractivity contribution in [3.05, 3.63) is 100 Å². The van der Waals surface area contributed by atoms with Gasteiger partial charge in [0.1, 0.15) is 0 Å². The standard InChI is InChI=1S/C26H12F12O4/c1-2-12-3-4-19(41-21(39)13-6-15(23(27,28)29)10-16(7-13)24(30,31)32)20(5-12)42-22(40)14-8-17(25(33,34)35)11-18(9-14)26(36,37)38/h2-11H,1H2. The van der Waals surface area contributed by atoms with Crippen molar-refractivity contribution in [3.8, 4) is 11.5 Å². The molecule has 42 heavy (non-hydrogen) atoms. The molecule has 0 aliphatic carbocycles. The summed E-state index contributed by atoms with van der Waals surface area (Å²) in [5, 5.41) is 0. The van der Waals surface area contributed by atoms with Crippen molar-refractivity contribution < 1.29 is 71.7 Å². The van der Waals surface area contributed by atoms with Gasteiger partial charge in [-0.2, -0.15) is 52.7 Å². The van der Waals surface area contributed by atoms with E-state index < -0.39 is 81.5 Å². The van der Waals surface area contributed by atoms with Gasteiger partial charge in [0.25, 0.3) is 0 Å². The molecule has 16 heteroatoms. The summed E-state index contributed by atoms with van der Waals surface area (Å²) < 4.78 is 168. The lowest BCUT2D eigenvalue weighted by atomic mass is 10.0. The maximum absolute atomic E-state index is 13.2. The number of rotatable bonds is 5. The third kappa shape index (κ3) is 7.61. The number of hydrogen-bond acceptors (Lipinski definition) is 4. The van der Waals surface area contributed by atoms with Crippen LogP contribution in [0.1, 0.15) is 48.5 Å². The third-order valence-corrected chi connectivity index (χ3v) is 5.26. The second-order valence-corrected chi connectivity index (χ2v) is 8.28. The first-order valence-electron chi connectivity index (χ1n) is 10.9. The molecule has 0 aliphatic rings. The SMILES string of the molecule is C=Cc1ccc(OC(=O)c2cc(C(F)(F)F)cc(C(F)(F)F)c2)c(OC(=O)c2cc(C(F)(F)F)cc(C(F)(F)F)c2)c1. The summed E-state index contributed by atoms with van der Waals surface area (Å²) in [6, 6.07) is 2.48. The highest BCUT2D eigenvalue weighted by molar-refractivity contribution is 5.94. The summed E-state index contributed by atoms with van der Waals surface area (Å²) in [4.78, 5) is 25.2. The summed E-state index contributed by atoms with van der Waals surface area (Å²) in [6.45, 7) is 3.38. The van der Waals surface area contributed by atoms with Gasteiger partial charge < -0.3 is 9.47 Å². The van der Waals surface area contributed by atoms with Crippen LogP contribution in [0, 0.1) is 0 Å². The Morgan fingerprint density at radius 1 is 0.524 bits per heavy atom. The third-order valence-electron chi connectivity index (χ3n) is 5.26. The lowest BCUT2D eigenvalue weighted by Gasteiger charge is -2.16. The number of esters is 2. The van der Waals surface area contributed by atoms with E-state index in [2.05, 4.69) is 6.58 Å². The van der Waals surface area contributed by atoms with Gasteiger partial charge in [0, 0.05) is 0 Å². The molecule has 3 aromatic carbocycles. The minimum atomic E-state index is -5.32. The second kappa shape index (κ2) is 11.1. The molecule has 0 heterocycles. The summed E-state index contributed by atoms with van der Waals surface area (Å²) in [6.07, 6.45) is -20.2. The monoisotopic (exact) mass is 616 g/mol. The van der Waals surface area contributed by atoms with Crippen LogP contribution in [-0.2, 0) is 24.7 Å². The maximum atomic E-state index is 13.2. The zero-order valence-corrected chi connectivity index (χ0v) is 20.1. The normalized spacial score (nSPS) is 12.6. The lowest BCUT2D eigenvalue weighted by Crippen LogP contribution is -2.17. The number of carbonyl (C=O) groups excluding carboxylic acids is 2. The van der Waals surface area contributed by atoms with E-state index in [4.69, 9.17) is 9.47 Å². The molecule has 3 rings (SSSR count). The number of ether oxygens (including phenoxy) is 2. The summed E-state index contributed by atoms with van der Waals surface area (Å²) in [5.74, 6) is -5.31. The van der Waals surface area contributed by atoms with Crippen molar-refractivity contribution in [2.45, 2.75) is 24.7 Å². The van der Waals surface area contributed by atoms with Gasteiger partial charge in [-0.05, 0) is 54.1 Å². The van der Waals surface area contributed by atoms with Gasteiger partial charge in [0.2, 0.25) is 0 Å². The molecule has 0 amide bonds. The Morgan fingerprint density at radius 3 is 1.17 bits per heavy atom. The number of carbonyl (C=O) groups is 2. The Morgan fingerprint density at radius 2 is 0.857 bits per heavy atom. The number of hydrogen-bond donors (Lipinski definition) is 0. The van der Waals surface area contributed by atoms with Crippen molar-refractivity contribution in [2.75, 3.05) is 0 Å². The van der Waals surface area contributed by atoms with Crippen LogP contribution in [0.4, 0.5) is 52.7 Å². The summed E-state index contributed by atoms with van der Waals surface area (Å²) >= 11 is 0. The quantitative estimate of drug-likeness (QED) is 0.163. The smallest absolute Gasteiger partial charge is 0.416 e. The molecule has 224 valence electrons. The highest BCUT2D eigenvalue weighted by atomic mass is 19.4. The first-order valence-corrected chi connectivity index (χ1v) is 10.9. The molecular weight excluding hydrogens is 604 g/mol. The van der Waals surface area contributed by atoms with E-state index in [-0.39, 0.29) is 42.0 Å². The number of benzene rings is 3. The first-order chi connectivity index (χ1) is 19.1. The van der Waals surface area contributed by atoms with E-state index in [1.807, 2.05) is 0 Å². The Bertz CT molecular complexity index is 1470. The first kappa shape index (κ1) is 32.0. The zero-order chi connectivity index (χ0) is 31.8. The minimum Gasteiger partial charge on any atom is -0.419 e. The second-order valence-electron chi connectivity index (χ2n) is 8.28. The van der Waals surface area contributed by atoms with Gasteiger partial charge in [-0.3, -0.25) is 0 Å². The van der Waals surface area contributed by atoms with Crippen LogP contribution in [0.3, 0.4) is 0 Å². The Kier molecular flexibility index (Phi) is 8.43. The molecule has 0 aliphatic heterocycles. The Hall–Kier alpha value is -4.50. The molecule has 0 spiro atoms. The van der Waals surface area contributed by atoms with E-state index in [0.29, 0.717) is 0 Å². The van der Waals surface area contributed by atoms with Gasteiger partial charge >= 0.3 is 36.6 Å². The molecule has 0 unspecified atom stereocenters. The van der Waals surface area contributed by atoms with Gasteiger partial charge in [-0.25, -0.2) is 9.59 Å².